The van der Waals surface area contributed by atoms with Crippen molar-refractivity contribution in [2.24, 2.45) is 0 Å². The summed E-state index contributed by atoms with van der Waals surface area (Å²) in [6.07, 6.45) is 3.82. The highest BCUT2D eigenvalue weighted by molar-refractivity contribution is 7.91. The number of nitrogens with zero attached hydrogens (tertiary/aromatic N) is 1. The lowest BCUT2D eigenvalue weighted by atomic mass is 10.1. The molecule has 1 atom stereocenters. The second-order valence-corrected chi connectivity index (χ2v) is 8.55. The summed E-state index contributed by atoms with van der Waals surface area (Å²) in [4.78, 5) is 24.9. The van der Waals surface area contributed by atoms with Crippen molar-refractivity contribution in [2.45, 2.75) is 49.5 Å². The number of benzene rings is 1. The third kappa shape index (κ3) is 3.31. The van der Waals surface area contributed by atoms with Gasteiger partial charge in [0.05, 0.1) is 10.6 Å². The Morgan fingerprint density at radius 3 is 2.67 bits per heavy atom. The maximum atomic E-state index is 12.5. The van der Waals surface area contributed by atoms with E-state index in [2.05, 4.69) is 0 Å². The van der Waals surface area contributed by atoms with E-state index in [0.717, 1.165) is 24.8 Å². The largest absolute Gasteiger partial charge is 0.480 e. The highest BCUT2D eigenvalue weighted by atomic mass is 32.2. The van der Waals surface area contributed by atoms with Crippen LogP contribution < -0.4 is 0 Å². The Balaban J connectivity index is 1.67. The van der Waals surface area contributed by atoms with E-state index in [-0.39, 0.29) is 17.1 Å². The Morgan fingerprint density at radius 2 is 1.92 bits per heavy atom. The quantitative estimate of drug-likeness (QED) is 0.866. The molecule has 1 N–H and O–H groups in total. The van der Waals surface area contributed by atoms with Crippen LogP contribution in [0.2, 0.25) is 0 Å². The number of hydrogen-bond acceptors (Lipinski definition) is 4. The van der Waals surface area contributed by atoms with E-state index in [4.69, 9.17) is 5.11 Å². The second kappa shape index (κ2) is 6.55. The molecule has 6 nitrogen and oxygen atoms in total. The minimum atomic E-state index is -3.54. The molecule has 1 aliphatic carbocycles. The first-order valence-electron chi connectivity index (χ1n) is 8.25. The number of amides is 1. The summed E-state index contributed by atoms with van der Waals surface area (Å²) in [6, 6.07) is 4.37. The number of carbonyl (C=O) groups excluding carboxylic acids is 1. The fourth-order valence-corrected chi connectivity index (χ4v) is 4.82. The van der Waals surface area contributed by atoms with Crippen molar-refractivity contribution in [3.05, 3.63) is 29.3 Å². The molecule has 1 fully saturated rings. The van der Waals surface area contributed by atoms with Crippen LogP contribution >= 0.6 is 0 Å². The van der Waals surface area contributed by atoms with Gasteiger partial charge >= 0.3 is 5.97 Å². The van der Waals surface area contributed by atoms with Crippen molar-refractivity contribution in [2.75, 3.05) is 12.3 Å². The van der Waals surface area contributed by atoms with Crippen LogP contribution in [0.3, 0.4) is 0 Å². The Hall–Kier alpha value is -1.89. The fourth-order valence-electron chi connectivity index (χ4n) is 3.55. The third-order valence-electron chi connectivity index (χ3n) is 4.87. The third-order valence-corrected chi connectivity index (χ3v) is 6.59. The highest BCUT2D eigenvalue weighted by Crippen LogP contribution is 2.26. The Bertz CT molecular complexity index is 771. The van der Waals surface area contributed by atoms with Crippen molar-refractivity contribution in [3.63, 3.8) is 0 Å². The van der Waals surface area contributed by atoms with Gasteiger partial charge in [-0.25, -0.2) is 13.2 Å². The maximum absolute atomic E-state index is 12.5. The summed E-state index contributed by atoms with van der Waals surface area (Å²) >= 11 is 0. The lowest BCUT2D eigenvalue weighted by Crippen LogP contribution is -2.41. The molecule has 0 unspecified atom stereocenters. The first-order chi connectivity index (χ1) is 11.4. The Morgan fingerprint density at radius 1 is 1.17 bits per heavy atom. The zero-order valence-corrected chi connectivity index (χ0v) is 14.2. The topological polar surface area (TPSA) is 91.8 Å². The van der Waals surface area contributed by atoms with E-state index < -0.39 is 27.8 Å². The smallest absolute Gasteiger partial charge is 0.326 e. The molecular formula is C17H21NO5S. The molecule has 24 heavy (non-hydrogen) atoms. The molecule has 2 aliphatic rings. The average molecular weight is 351 g/mol. The van der Waals surface area contributed by atoms with Crippen molar-refractivity contribution in [1.82, 2.24) is 4.90 Å². The molecule has 0 aromatic heterocycles. The molecule has 0 saturated carbocycles. The molecule has 1 aliphatic heterocycles. The van der Waals surface area contributed by atoms with Gasteiger partial charge in [-0.1, -0.05) is 6.07 Å². The molecule has 0 spiro atoms. The summed E-state index contributed by atoms with van der Waals surface area (Å²) in [5.41, 5.74) is 2.28. The number of carboxylic acids is 1. The van der Waals surface area contributed by atoms with Crippen molar-refractivity contribution >= 4 is 21.7 Å². The monoisotopic (exact) mass is 351 g/mol. The second-order valence-electron chi connectivity index (χ2n) is 6.44. The van der Waals surface area contributed by atoms with Crippen molar-refractivity contribution in [1.29, 1.82) is 0 Å². The number of aryl methyl sites for hydroxylation is 2. The van der Waals surface area contributed by atoms with E-state index in [0.29, 0.717) is 19.4 Å². The van der Waals surface area contributed by atoms with Crippen LogP contribution in [0.25, 0.3) is 0 Å². The van der Waals surface area contributed by atoms with Crippen LogP contribution in [0.4, 0.5) is 0 Å². The predicted octanol–water partition coefficient (Wildman–Crippen LogP) is 1.41. The molecule has 7 heteroatoms. The summed E-state index contributed by atoms with van der Waals surface area (Å²) in [5, 5.41) is 9.12. The molecule has 0 bridgehead atoms. The summed E-state index contributed by atoms with van der Waals surface area (Å²) in [5.74, 6) is -1.71. The number of fused-ring (bicyclic) bond motifs is 1. The summed E-state index contributed by atoms with van der Waals surface area (Å²) in [7, 11) is -3.54. The maximum Gasteiger partial charge on any atom is 0.326 e. The molecule has 130 valence electrons. The molecule has 1 heterocycles. The molecule has 3 rings (SSSR count). The van der Waals surface area contributed by atoms with Crippen LogP contribution in [0.1, 0.15) is 36.8 Å². The van der Waals surface area contributed by atoms with Gasteiger partial charge in [0.25, 0.3) is 0 Å². The standard InChI is InChI=1S/C17H21NO5S/c19-16(18-9-2-5-15(18)17(20)21)8-10-24(22,23)14-7-6-12-3-1-4-13(12)11-14/h6-7,11,15H,1-5,8-10H2,(H,20,21)/t15-/m0/s1. The lowest BCUT2D eigenvalue weighted by molar-refractivity contribution is -0.148. The SMILES string of the molecule is O=C(O)[C@@H]1CCCN1C(=O)CCS(=O)(=O)c1ccc2c(c1)CCC2. The Kier molecular flexibility index (Phi) is 4.62. The Labute approximate surface area is 141 Å². The van der Waals surface area contributed by atoms with Crippen molar-refractivity contribution < 1.29 is 23.1 Å². The number of hydrogen-bond donors (Lipinski definition) is 1. The number of carboxylic acid groups (broad SMARTS) is 1. The number of carbonyl (C=O) groups is 2. The van der Waals surface area contributed by atoms with E-state index in [1.807, 2.05) is 6.07 Å². The van der Waals surface area contributed by atoms with Crippen LogP contribution in [-0.2, 0) is 32.3 Å². The normalized spacial score (nSPS) is 20.2. The van der Waals surface area contributed by atoms with Crippen LogP contribution in [0.5, 0.6) is 0 Å². The van der Waals surface area contributed by atoms with Gasteiger partial charge in [0, 0.05) is 13.0 Å². The van der Waals surface area contributed by atoms with Gasteiger partial charge in [0.2, 0.25) is 5.91 Å². The summed E-state index contributed by atoms with van der Waals surface area (Å²) < 4.78 is 25.0. The van der Waals surface area contributed by atoms with Gasteiger partial charge in [-0.2, -0.15) is 0 Å². The first kappa shape index (κ1) is 17.0. The molecular weight excluding hydrogens is 330 g/mol. The zero-order valence-electron chi connectivity index (χ0n) is 13.4. The molecule has 1 amide bonds. The number of likely N-dealkylation sites (tertiary alicyclic amines) is 1. The van der Waals surface area contributed by atoms with E-state index >= 15 is 0 Å². The zero-order chi connectivity index (χ0) is 17.3. The summed E-state index contributed by atoms with van der Waals surface area (Å²) in [6.45, 7) is 0.384. The van der Waals surface area contributed by atoms with Gasteiger partial charge in [0.1, 0.15) is 6.04 Å². The molecule has 1 aromatic carbocycles. The fraction of sp³-hybridized carbons (Fsp3) is 0.529. The van der Waals surface area contributed by atoms with E-state index in [1.165, 1.54) is 10.5 Å². The van der Waals surface area contributed by atoms with Crippen LogP contribution in [0.15, 0.2) is 23.1 Å². The van der Waals surface area contributed by atoms with E-state index in [9.17, 15) is 18.0 Å². The van der Waals surface area contributed by atoms with Crippen LogP contribution in [0, 0.1) is 0 Å². The van der Waals surface area contributed by atoms with Gasteiger partial charge in [-0.05, 0) is 55.4 Å². The number of aliphatic carboxylic acids is 1. The van der Waals surface area contributed by atoms with Gasteiger partial charge in [0.15, 0.2) is 9.84 Å². The van der Waals surface area contributed by atoms with Crippen molar-refractivity contribution in [3.8, 4) is 0 Å². The lowest BCUT2D eigenvalue weighted by Gasteiger charge is -2.21. The van der Waals surface area contributed by atoms with Crippen LogP contribution in [-0.4, -0.2) is 48.6 Å². The molecule has 1 aromatic rings. The first-order valence-corrected chi connectivity index (χ1v) is 9.90. The number of sulfone groups is 1. The van der Waals surface area contributed by atoms with Gasteiger partial charge < -0.3 is 10.0 Å². The molecule has 0 radical (unpaired) electrons. The van der Waals surface area contributed by atoms with Gasteiger partial charge in [-0.15, -0.1) is 0 Å². The number of rotatable bonds is 5. The minimum Gasteiger partial charge on any atom is -0.480 e. The predicted molar refractivity (Wildman–Crippen MR) is 87.5 cm³/mol. The van der Waals surface area contributed by atoms with E-state index in [1.54, 1.807) is 12.1 Å². The van der Waals surface area contributed by atoms with Gasteiger partial charge in [-0.3, -0.25) is 4.79 Å². The molecule has 1 saturated heterocycles. The minimum absolute atomic E-state index is 0.177. The highest BCUT2D eigenvalue weighted by Gasteiger charge is 2.34. The average Bonchev–Trinajstić information content (AvgIpc) is 3.20.